The molecule has 0 radical (unpaired) electrons. The number of hydrogen-bond acceptors (Lipinski definition) is 4. The van der Waals surface area contributed by atoms with Gasteiger partial charge in [-0.2, -0.15) is 0 Å². The van der Waals surface area contributed by atoms with E-state index < -0.39 is 9.84 Å². The van der Waals surface area contributed by atoms with E-state index in [1.54, 1.807) is 23.1 Å². The number of carbonyl (C=O) groups is 1. The highest BCUT2D eigenvalue weighted by Crippen LogP contribution is 2.26. The Morgan fingerprint density at radius 1 is 1.48 bits per heavy atom. The van der Waals surface area contributed by atoms with Crippen molar-refractivity contribution in [3.05, 3.63) is 28.8 Å². The first-order chi connectivity index (χ1) is 9.88. The number of sulfone groups is 1. The number of amides is 1. The Labute approximate surface area is 129 Å². The van der Waals surface area contributed by atoms with E-state index in [1.165, 1.54) is 7.11 Å². The van der Waals surface area contributed by atoms with Gasteiger partial charge in [-0.25, -0.2) is 8.42 Å². The molecule has 1 aromatic rings. The maximum absolute atomic E-state index is 12.6. The zero-order valence-corrected chi connectivity index (χ0v) is 13.6. The van der Waals surface area contributed by atoms with Crippen LogP contribution in [-0.4, -0.2) is 50.4 Å². The number of hydrogen-bond donors (Lipinski definition) is 0. The second kappa shape index (κ2) is 6.23. The summed E-state index contributed by atoms with van der Waals surface area (Å²) in [7, 11) is -1.52. The van der Waals surface area contributed by atoms with E-state index in [1.807, 2.05) is 6.92 Å². The van der Waals surface area contributed by atoms with Crippen molar-refractivity contribution in [3.63, 3.8) is 0 Å². The topological polar surface area (TPSA) is 63.7 Å². The summed E-state index contributed by atoms with van der Waals surface area (Å²) < 4.78 is 28.2. The standard InChI is InChI=1S/C14H18ClNO4S/c1-3-16(11-6-7-21(18,19)9-11)14(17)10-4-5-13(20-2)12(15)8-10/h4-5,8,11H,3,6-7,9H2,1-2H3. The summed E-state index contributed by atoms with van der Waals surface area (Å²) in [6, 6.07) is 4.57. The van der Waals surface area contributed by atoms with Gasteiger partial charge in [0.1, 0.15) is 5.75 Å². The molecule has 1 fully saturated rings. The van der Waals surface area contributed by atoms with Crippen LogP contribution in [0.15, 0.2) is 18.2 Å². The number of methoxy groups -OCH3 is 1. The number of benzene rings is 1. The number of carbonyl (C=O) groups excluding carboxylic acids is 1. The van der Waals surface area contributed by atoms with Crippen LogP contribution in [0.4, 0.5) is 0 Å². The third kappa shape index (κ3) is 3.49. The first-order valence-corrected chi connectivity index (χ1v) is 8.93. The normalized spacial score (nSPS) is 20.2. The van der Waals surface area contributed by atoms with Gasteiger partial charge < -0.3 is 9.64 Å². The molecule has 0 saturated carbocycles. The van der Waals surface area contributed by atoms with Gasteiger partial charge in [0.25, 0.3) is 5.91 Å². The van der Waals surface area contributed by atoms with Crippen molar-refractivity contribution >= 4 is 27.3 Å². The molecule has 2 rings (SSSR count). The number of rotatable bonds is 4. The van der Waals surface area contributed by atoms with Crippen molar-refractivity contribution in [2.45, 2.75) is 19.4 Å². The van der Waals surface area contributed by atoms with Crippen molar-refractivity contribution in [2.24, 2.45) is 0 Å². The molecular weight excluding hydrogens is 314 g/mol. The van der Waals surface area contributed by atoms with Gasteiger partial charge in [0, 0.05) is 18.2 Å². The summed E-state index contributed by atoms with van der Waals surface area (Å²) in [6.07, 6.45) is 0.492. The maximum Gasteiger partial charge on any atom is 0.254 e. The molecule has 21 heavy (non-hydrogen) atoms. The highest BCUT2D eigenvalue weighted by Gasteiger charge is 2.34. The smallest absolute Gasteiger partial charge is 0.254 e. The molecule has 5 nitrogen and oxygen atoms in total. The van der Waals surface area contributed by atoms with E-state index in [-0.39, 0.29) is 23.5 Å². The lowest BCUT2D eigenvalue weighted by molar-refractivity contribution is 0.0708. The summed E-state index contributed by atoms with van der Waals surface area (Å²) in [5, 5.41) is 0.360. The van der Waals surface area contributed by atoms with E-state index in [0.29, 0.717) is 29.3 Å². The third-order valence-corrected chi connectivity index (χ3v) is 5.70. The summed E-state index contributed by atoms with van der Waals surface area (Å²) in [4.78, 5) is 14.2. The van der Waals surface area contributed by atoms with Crippen LogP contribution in [-0.2, 0) is 9.84 Å². The molecule has 0 spiro atoms. The van der Waals surface area contributed by atoms with Crippen molar-refractivity contribution in [1.29, 1.82) is 0 Å². The average molecular weight is 332 g/mol. The molecule has 1 aromatic carbocycles. The monoisotopic (exact) mass is 331 g/mol. The summed E-state index contributed by atoms with van der Waals surface area (Å²) in [6.45, 7) is 2.30. The number of ether oxygens (including phenoxy) is 1. The van der Waals surface area contributed by atoms with Crippen LogP contribution in [0.1, 0.15) is 23.7 Å². The zero-order valence-electron chi connectivity index (χ0n) is 12.0. The van der Waals surface area contributed by atoms with Gasteiger partial charge >= 0.3 is 0 Å². The fraction of sp³-hybridized carbons (Fsp3) is 0.500. The Bertz CT molecular complexity index is 644. The third-order valence-electron chi connectivity index (χ3n) is 3.65. The van der Waals surface area contributed by atoms with E-state index in [0.717, 1.165) is 0 Å². The summed E-state index contributed by atoms with van der Waals surface area (Å²) in [5.74, 6) is 0.477. The Kier molecular flexibility index (Phi) is 4.78. The molecule has 1 atom stereocenters. The van der Waals surface area contributed by atoms with E-state index in [4.69, 9.17) is 16.3 Å². The van der Waals surface area contributed by atoms with E-state index >= 15 is 0 Å². The summed E-state index contributed by atoms with van der Waals surface area (Å²) in [5.41, 5.74) is 0.437. The lowest BCUT2D eigenvalue weighted by Gasteiger charge is -2.27. The van der Waals surface area contributed by atoms with Crippen LogP contribution in [0.5, 0.6) is 5.75 Å². The molecule has 0 aliphatic carbocycles. The van der Waals surface area contributed by atoms with Crippen molar-refractivity contribution in [3.8, 4) is 5.75 Å². The summed E-state index contributed by atoms with van der Waals surface area (Å²) >= 11 is 6.03. The fourth-order valence-corrected chi connectivity index (χ4v) is 4.54. The van der Waals surface area contributed by atoms with Crippen LogP contribution in [0.2, 0.25) is 5.02 Å². The predicted octanol–water partition coefficient (Wildman–Crippen LogP) is 2.00. The Morgan fingerprint density at radius 2 is 2.19 bits per heavy atom. The molecular formula is C14H18ClNO4S. The second-order valence-corrected chi connectivity index (χ2v) is 7.63. The molecule has 7 heteroatoms. The molecule has 1 unspecified atom stereocenters. The van der Waals surface area contributed by atoms with Crippen LogP contribution in [0, 0.1) is 0 Å². The van der Waals surface area contributed by atoms with Gasteiger partial charge in [-0.15, -0.1) is 0 Å². The second-order valence-electron chi connectivity index (χ2n) is 5.00. The molecule has 0 bridgehead atoms. The molecule has 1 amide bonds. The molecule has 1 aliphatic rings. The van der Waals surface area contributed by atoms with Crippen molar-refractivity contribution in [2.75, 3.05) is 25.2 Å². The molecule has 0 N–H and O–H groups in total. The van der Waals surface area contributed by atoms with Crippen molar-refractivity contribution in [1.82, 2.24) is 4.90 Å². The quantitative estimate of drug-likeness (QED) is 0.846. The lowest BCUT2D eigenvalue weighted by Crippen LogP contribution is -2.40. The van der Waals surface area contributed by atoms with Crippen molar-refractivity contribution < 1.29 is 17.9 Å². The minimum absolute atomic E-state index is 0.0382. The number of halogens is 1. The molecule has 1 saturated heterocycles. The highest BCUT2D eigenvalue weighted by atomic mass is 35.5. The van der Waals surface area contributed by atoms with E-state index in [2.05, 4.69) is 0 Å². The van der Waals surface area contributed by atoms with Gasteiger partial charge in [-0.3, -0.25) is 4.79 Å². The maximum atomic E-state index is 12.6. The molecule has 1 heterocycles. The van der Waals surface area contributed by atoms with Gasteiger partial charge in [0.15, 0.2) is 9.84 Å². The molecule has 1 aliphatic heterocycles. The van der Waals surface area contributed by atoms with Gasteiger partial charge in [-0.1, -0.05) is 11.6 Å². The zero-order chi connectivity index (χ0) is 15.6. The van der Waals surface area contributed by atoms with Crippen LogP contribution >= 0.6 is 11.6 Å². The van der Waals surface area contributed by atoms with Crippen LogP contribution < -0.4 is 4.74 Å². The van der Waals surface area contributed by atoms with Crippen LogP contribution in [0.3, 0.4) is 0 Å². The SMILES string of the molecule is CCN(C(=O)c1ccc(OC)c(Cl)c1)C1CCS(=O)(=O)C1. The Balaban J connectivity index is 2.23. The van der Waals surface area contributed by atoms with Gasteiger partial charge in [-0.05, 0) is 31.5 Å². The minimum Gasteiger partial charge on any atom is -0.495 e. The van der Waals surface area contributed by atoms with Crippen LogP contribution in [0.25, 0.3) is 0 Å². The largest absolute Gasteiger partial charge is 0.495 e. The lowest BCUT2D eigenvalue weighted by atomic mass is 10.1. The molecule has 0 aromatic heterocycles. The average Bonchev–Trinajstić information content (AvgIpc) is 2.79. The van der Waals surface area contributed by atoms with Gasteiger partial charge in [0.2, 0.25) is 0 Å². The fourth-order valence-electron chi connectivity index (χ4n) is 2.55. The Hall–Kier alpha value is -1.27. The van der Waals surface area contributed by atoms with E-state index in [9.17, 15) is 13.2 Å². The molecule has 116 valence electrons. The van der Waals surface area contributed by atoms with Gasteiger partial charge in [0.05, 0.1) is 23.6 Å². The number of nitrogens with zero attached hydrogens (tertiary/aromatic N) is 1. The first kappa shape index (κ1) is 16.1. The minimum atomic E-state index is -3.03. The predicted molar refractivity (Wildman–Crippen MR) is 81.8 cm³/mol. The Morgan fingerprint density at radius 3 is 2.67 bits per heavy atom. The highest BCUT2D eigenvalue weighted by molar-refractivity contribution is 7.91. The first-order valence-electron chi connectivity index (χ1n) is 6.73.